The fraction of sp³-hybridized carbons (Fsp3) is 0.238. The number of hydrogen-bond acceptors (Lipinski definition) is 4. The summed E-state index contributed by atoms with van der Waals surface area (Å²) in [5.41, 5.74) is 1.63. The van der Waals surface area contributed by atoms with E-state index in [1.165, 1.54) is 13.2 Å². The quantitative estimate of drug-likeness (QED) is 0.582. The topological polar surface area (TPSA) is 68.2 Å². The number of benzene rings is 2. The molecule has 152 valence electrons. The van der Waals surface area contributed by atoms with E-state index in [1.807, 2.05) is 31.2 Å². The summed E-state index contributed by atoms with van der Waals surface area (Å²) < 4.78 is 20.5. The van der Waals surface area contributed by atoms with Crippen molar-refractivity contribution in [2.24, 2.45) is 0 Å². The van der Waals surface area contributed by atoms with Crippen LogP contribution < -0.4 is 15.4 Å². The fourth-order valence-corrected chi connectivity index (χ4v) is 3.05. The molecule has 6 nitrogen and oxygen atoms in total. The van der Waals surface area contributed by atoms with Crippen LogP contribution >= 0.6 is 11.6 Å². The maximum Gasteiger partial charge on any atom is 0.239 e. The predicted molar refractivity (Wildman–Crippen MR) is 111 cm³/mol. The van der Waals surface area contributed by atoms with Crippen LogP contribution in [0.2, 0.25) is 5.02 Å². The van der Waals surface area contributed by atoms with Crippen LogP contribution in [0.5, 0.6) is 5.75 Å². The van der Waals surface area contributed by atoms with Crippen LogP contribution in [0.25, 0.3) is 0 Å². The van der Waals surface area contributed by atoms with E-state index in [0.717, 1.165) is 11.1 Å². The van der Waals surface area contributed by atoms with E-state index in [9.17, 15) is 9.18 Å². The van der Waals surface area contributed by atoms with Crippen LogP contribution in [0.3, 0.4) is 0 Å². The molecule has 8 heteroatoms. The number of nitrogens with zero attached hydrogens (tertiary/aromatic N) is 2. The highest BCUT2D eigenvalue weighted by Crippen LogP contribution is 2.22. The van der Waals surface area contributed by atoms with Crippen molar-refractivity contribution in [3.8, 4) is 5.75 Å². The molecule has 1 amide bonds. The van der Waals surface area contributed by atoms with E-state index in [-0.39, 0.29) is 24.2 Å². The molecular weight excluding hydrogens is 395 g/mol. The Kier molecular flexibility index (Phi) is 6.85. The number of hydrogen-bond donors (Lipinski definition) is 2. The van der Waals surface area contributed by atoms with Crippen molar-refractivity contribution in [1.82, 2.24) is 15.1 Å². The number of halogens is 2. The van der Waals surface area contributed by atoms with Crippen molar-refractivity contribution in [3.05, 3.63) is 76.7 Å². The Morgan fingerprint density at radius 3 is 2.79 bits per heavy atom. The van der Waals surface area contributed by atoms with Crippen molar-refractivity contribution in [1.29, 1.82) is 0 Å². The number of carbonyl (C=O) groups excluding carboxylic acids is 1. The molecular formula is C21H22ClFN4O2. The largest absolute Gasteiger partial charge is 0.494 e. The zero-order valence-corrected chi connectivity index (χ0v) is 16.9. The standard InChI is InChI=1S/C21H22ClFN4O2/c1-14(15-7-8-19(29-2)18(23)11-15)24-12-21(28)26-20-9-10-25-27(20)13-16-5-3-4-6-17(16)22/h3-11,14,24H,12-13H2,1-2H3,(H,26,28). The lowest BCUT2D eigenvalue weighted by molar-refractivity contribution is -0.115. The average Bonchev–Trinajstić information content (AvgIpc) is 3.14. The third-order valence-electron chi connectivity index (χ3n) is 4.51. The van der Waals surface area contributed by atoms with Gasteiger partial charge in [-0.15, -0.1) is 0 Å². The smallest absolute Gasteiger partial charge is 0.239 e. The molecule has 3 rings (SSSR count). The first-order valence-corrected chi connectivity index (χ1v) is 9.47. The number of nitrogens with one attached hydrogen (secondary N) is 2. The van der Waals surface area contributed by atoms with Gasteiger partial charge in [-0.3, -0.25) is 4.79 Å². The minimum absolute atomic E-state index is 0.0616. The van der Waals surface area contributed by atoms with Crippen LogP contribution in [-0.4, -0.2) is 29.3 Å². The van der Waals surface area contributed by atoms with E-state index >= 15 is 0 Å². The second-order valence-corrected chi connectivity index (χ2v) is 6.92. The molecule has 1 aromatic heterocycles. The van der Waals surface area contributed by atoms with Crippen LogP contribution in [0.1, 0.15) is 24.1 Å². The third kappa shape index (κ3) is 5.34. The van der Waals surface area contributed by atoms with Gasteiger partial charge in [0.1, 0.15) is 5.82 Å². The molecule has 0 aliphatic rings. The van der Waals surface area contributed by atoms with E-state index in [0.29, 0.717) is 17.4 Å². The second kappa shape index (κ2) is 9.54. The molecule has 0 radical (unpaired) electrons. The molecule has 0 aliphatic heterocycles. The van der Waals surface area contributed by atoms with Gasteiger partial charge in [0.05, 0.1) is 26.4 Å². The van der Waals surface area contributed by atoms with Gasteiger partial charge in [0, 0.05) is 17.1 Å². The van der Waals surface area contributed by atoms with Crippen LogP contribution in [0.15, 0.2) is 54.7 Å². The first-order valence-electron chi connectivity index (χ1n) is 9.10. The lowest BCUT2D eigenvalue weighted by atomic mass is 10.1. The number of anilines is 1. The van der Waals surface area contributed by atoms with E-state index in [2.05, 4.69) is 15.7 Å². The molecule has 2 aromatic carbocycles. The zero-order valence-electron chi connectivity index (χ0n) is 16.2. The molecule has 0 saturated heterocycles. The lowest BCUT2D eigenvalue weighted by Crippen LogP contribution is -2.30. The number of methoxy groups -OCH3 is 1. The van der Waals surface area contributed by atoms with Gasteiger partial charge in [0.2, 0.25) is 5.91 Å². The Hall–Kier alpha value is -2.90. The first kappa shape index (κ1) is 20.8. The van der Waals surface area contributed by atoms with Crippen LogP contribution in [-0.2, 0) is 11.3 Å². The maximum absolute atomic E-state index is 13.9. The summed E-state index contributed by atoms with van der Waals surface area (Å²) in [7, 11) is 1.42. The Bertz CT molecular complexity index is 992. The Morgan fingerprint density at radius 1 is 1.28 bits per heavy atom. The van der Waals surface area contributed by atoms with Crippen molar-refractivity contribution in [2.75, 3.05) is 19.0 Å². The maximum atomic E-state index is 13.9. The van der Waals surface area contributed by atoms with Crippen molar-refractivity contribution in [2.45, 2.75) is 19.5 Å². The van der Waals surface area contributed by atoms with E-state index in [1.54, 1.807) is 29.1 Å². The second-order valence-electron chi connectivity index (χ2n) is 6.51. The number of rotatable bonds is 8. The first-order chi connectivity index (χ1) is 14.0. The number of aromatic nitrogens is 2. The SMILES string of the molecule is COc1ccc(C(C)NCC(=O)Nc2ccnn2Cc2ccccc2Cl)cc1F. The molecule has 0 saturated carbocycles. The lowest BCUT2D eigenvalue weighted by Gasteiger charge is -2.15. The highest BCUT2D eigenvalue weighted by molar-refractivity contribution is 6.31. The summed E-state index contributed by atoms with van der Waals surface area (Å²) in [6, 6.07) is 13.7. The van der Waals surface area contributed by atoms with Gasteiger partial charge in [0.15, 0.2) is 11.6 Å². The Morgan fingerprint density at radius 2 is 2.07 bits per heavy atom. The molecule has 29 heavy (non-hydrogen) atoms. The van der Waals surface area contributed by atoms with Crippen molar-refractivity contribution in [3.63, 3.8) is 0 Å². The summed E-state index contributed by atoms with van der Waals surface area (Å²) in [5.74, 6) is 0.0867. The molecule has 2 N–H and O–H groups in total. The Balaban J connectivity index is 1.57. The highest BCUT2D eigenvalue weighted by Gasteiger charge is 2.13. The van der Waals surface area contributed by atoms with Crippen LogP contribution in [0, 0.1) is 5.82 Å². The minimum atomic E-state index is -0.438. The van der Waals surface area contributed by atoms with E-state index < -0.39 is 5.82 Å². The molecule has 0 aliphatic carbocycles. The fourth-order valence-electron chi connectivity index (χ4n) is 2.86. The van der Waals surface area contributed by atoms with E-state index in [4.69, 9.17) is 16.3 Å². The monoisotopic (exact) mass is 416 g/mol. The molecule has 0 spiro atoms. The number of amides is 1. The summed E-state index contributed by atoms with van der Waals surface area (Å²) in [4.78, 5) is 12.4. The Labute approximate surface area is 173 Å². The van der Waals surface area contributed by atoms with Gasteiger partial charge >= 0.3 is 0 Å². The van der Waals surface area contributed by atoms with Gasteiger partial charge in [-0.05, 0) is 36.2 Å². The molecule has 0 bridgehead atoms. The van der Waals surface area contributed by atoms with Crippen LogP contribution in [0.4, 0.5) is 10.2 Å². The zero-order chi connectivity index (χ0) is 20.8. The number of carbonyl (C=O) groups is 1. The molecule has 3 aromatic rings. The summed E-state index contributed by atoms with van der Waals surface area (Å²) in [6.07, 6.45) is 1.61. The summed E-state index contributed by atoms with van der Waals surface area (Å²) in [5, 5.41) is 10.8. The minimum Gasteiger partial charge on any atom is -0.494 e. The normalized spacial score (nSPS) is 11.9. The van der Waals surface area contributed by atoms with Gasteiger partial charge < -0.3 is 15.4 Å². The molecule has 1 heterocycles. The third-order valence-corrected chi connectivity index (χ3v) is 4.88. The number of ether oxygens (including phenoxy) is 1. The van der Waals surface area contributed by atoms with Gasteiger partial charge in [0.25, 0.3) is 0 Å². The molecule has 0 fully saturated rings. The highest BCUT2D eigenvalue weighted by atomic mass is 35.5. The molecule has 1 unspecified atom stereocenters. The van der Waals surface area contributed by atoms with Gasteiger partial charge in [-0.1, -0.05) is 35.9 Å². The predicted octanol–water partition coefficient (Wildman–Crippen LogP) is 4.02. The van der Waals surface area contributed by atoms with Crippen molar-refractivity contribution < 1.29 is 13.9 Å². The summed E-state index contributed by atoms with van der Waals surface area (Å²) in [6.45, 7) is 2.36. The van der Waals surface area contributed by atoms with Gasteiger partial charge in [-0.2, -0.15) is 5.10 Å². The van der Waals surface area contributed by atoms with Gasteiger partial charge in [-0.25, -0.2) is 9.07 Å². The molecule has 1 atom stereocenters. The average molecular weight is 417 g/mol. The van der Waals surface area contributed by atoms with Crippen molar-refractivity contribution >= 4 is 23.3 Å². The summed E-state index contributed by atoms with van der Waals surface area (Å²) >= 11 is 6.20.